The van der Waals surface area contributed by atoms with Crippen LogP contribution in [0.25, 0.3) is 27.5 Å². The number of nitrogens with zero attached hydrogens (tertiary/aromatic N) is 4. The van der Waals surface area contributed by atoms with Gasteiger partial charge in [-0.3, -0.25) is 0 Å². The van der Waals surface area contributed by atoms with Gasteiger partial charge in [0, 0.05) is 30.6 Å². The quantitative estimate of drug-likeness (QED) is 0.564. The summed E-state index contributed by atoms with van der Waals surface area (Å²) in [7, 11) is 4.11. The molecule has 4 nitrogen and oxygen atoms in total. The van der Waals surface area contributed by atoms with E-state index < -0.39 is 0 Å². The number of fused-ring (bicyclic) bond motifs is 2. The predicted octanol–water partition coefficient (Wildman–Crippen LogP) is 3.64. The fourth-order valence-corrected chi connectivity index (χ4v) is 2.80. The van der Waals surface area contributed by atoms with E-state index in [1.165, 1.54) is 11.1 Å². The van der Waals surface area contributed by atoms with E-state index in [0.29, 0.717) is 0 Å². The summed E-state index contributed by atoms with van der Waals surface area (Å²) < 4.78 is 0. The third-order valence-electron chi connectivity index (χ3n) is 3.86. The molecular weight excluding hydrogens is 272 g/mol. The zero-order valence-corrected chi connectivity index (χ0v) is 12.6. The third-order valence-corrected chi connectivity index (χ3v) is 3.86. The van der Waals surface area contributed by atoms with Crippen LogP contribution in [0.15, 0.2) is 60.7 Å². The van der Waals surface area contributed by atoms with E-state index in [1.54, 1.807) is 4.80 Å². The Kier molecular flexibility index (Phi) is 2.82. The molecular formula is C18H16N4. The lowest BCUT2D eigenvalue weighted by atomic mass is 10.1. The van der Waals surface area contributed by atoms with E-state index in [-0.39, 0.29) is 0 Å². The van der Waals surface area contributed by atoms with Gasteiger partial charge >= 0.3 is 0 Å². The van der Waals surface area contributed by atoms with Gasteiger partial charge in [-0.05, 0) is 24.3 Å². The van der Waals surface area contributed by atoms with Gasteiger partial charge in [0.15, 0.2) is 0 Å². The first-order valence-corrected chi connectivity index (χ1v) is 7.25. The summed E-state index contributed by atoms with van der Waals surface area (Å²) >= 11 is 0. The van der Waals surface area contributed by atoms with Crippen LogP contribution in [0.2, 0.25) is 0 Å². The largest absolute Gasteiger partial charge is 0.377 e. The van der Waals surface area contributed by atoms with E-state index in [4.69, 9.17) is 0 Å². The van der Waals surface area contributed by atoms with Crippen molar-refractivity contribution in [3.63, 3.8) is 0 Å². The van der Waals surface area contributed by atoms with Crippen LogP contribution in [-0.4, -0.2) is 29.1 Å². The highest BCUT2D eigenvalue weighted by Gasteiger charge is 2.11. The van der Waals surface area contributed by atoms with Crippen molar-refractivity contribution in [3.05, 3.63) is 60.7 Å². The second kappa shape index (κ2) is 4.84. The van der Waals surface area contributed by atoms with Gasteiger partial charge in [0.25, 0.3) is 0 Å². The predicted molar refractivity (Wildman–Crippen MR) is 90.7 cm³/mol. The van der Waals surface area contributed by atoms with Gasteiger partial charge in [0.05, 0.1) is 5.69 Å². The van der Waals surface area contributed by atoms with Crippen LogP contribution in [0.4, 0.5) is 5.69 Å². The monoisotopic (exact) mass is 288 g/mol. The number of hydrogen-bond acceptors (Lipinski definition) is 3. The summed E-state index contributed by atoms with van der Waals surface area (Å²) in [6.07, 6.45) is 0. The zero-order valence-electron chi connectivity index (χ0n) is 12.6. The van der Waals surface area contributed by atoms with Crippen molar-refractivity contribution in [1.29, 1.82) is 0 Å². The molecule has 1 aromatic heterocycles. The SMILES string of the molecule is CN(C)c1ccc(-n2nc3ccccc3n2)c2ccccc12. The zero-order chi connectivity index (χ0) is 15.1. The lowest BCUT2D eigenvalue weighted by Gasteiger charge is -2.17. The van der Waals surface area contributed by atoms with Crippen molar-refractivity contribution in [2.75, 3.05) is 19.0 Å². The Bertz CT molecular complexity index is 936. The van der Waals surface area contributed by atoms with Crippen LogP contribution in [0.1, 0.15) is 0 Å². The summed E-state index contributed by atoms with van der Waals surface area (Å²) in [5.74, 6) is 0. The maximum atomic E-state index is 4.60. The highest BCUT2D eigenvalue weighted by atomic mass is 15.5. The fraction of sp³-hybridized carbons (Fsp3) is 0.111. The average molecular weight is 288 g/mol. The molecule has 22 heavy (non-hydrogen) atoms. The van der Waals surface area contributed by atoms with E-state index in [2.05, 4.69) is 65.6 Å². The minimum absolute atomic E-state index is 0.906. The second-order valence-electron chi connectivity index (χ2n) is 5.52. The van der Waals surface area contributed by atoms with Crippen molar-refractivity contribution in [3.8, 4) is 5.69 Å². The molecule has 0 spiro atoms. The molecule has 0 amide bonds. The molecule has 0 saturated heterocycles. The summed E-state index contributed by atoms with van der Waals surface area (Å²) in [6.45, 7) is 0. The molecule has 0 fully saturated rings. The Morgan fingerprint density at radius 2 is 1.32 bits per heavy atom. The van der Waals surface area contributed by atoms with Crippen molar-refractivity contribution in [1.82, 2.24) is 15.0 Å². The Labute approximate surface area is 128 Å². The Hall–Kier alpha value is -2.88. The van der Waals surface area contributed by atoms with Gasteiger partial charge in [0.1, 0.15) is 11.0 Å². The molecule has 0 aliphatic carbocycles. The maximum absolute atomic E-state index is 4.60. The molecule has 4 rings (SSSR count). The molecule has 108 valence electrons. The van der Waals surface area contributed by atoms with Gasteiger partial charge in [-0.2, -0.15) is 0 Å². The highest BCUT2D eigenvalue weighted by molar-refractivity contribution is 5.99. The van der Waals surface area contributed by atoms with E-state index >= 15 is 0 Å². The fourth-order valence-electron chi connectivity index (χ4n) is 2.80. The molecule has 0 bridgehead atoms. The third kappa shape index (κ3) is 1.92. The Morgan fingerprint density at radius 1 is 0.727 bits per heavy atom. The normalized spacial score (nSPS) is 11.2. The highest BCUT2D eigenvalue weighted by Crippen LogP contribution is 2.30. The summed E-state index contributed by atoms with van der Waals surface area (Å²) in [6, 6.07) is 20.5. The Balaban J connectivity index is 2.01. The number of aromatic nitrogens is 3. The van der Waals surface area contributed by atoms with Crippen molar-refractivity contribution < 1.29 is 0 Å². The van der Waals surface area contributed by atoms with Crippen LogP contribution < -0.4 is 4.90 Å². The summed E-state index contributed by atoms with van der Waals surface area (Å²) in [5.41, 5.74) is 4.00. The van der Waals surface area contributed by atoms with Crippen LogP contribution in [0.5, 0.6) is 0 Å². The van der Waals surface area contributed by atoms with Crippen LogP contribution in [0.3, 0.4) is 0 Å². The first-order chi connectivity index (χ1) is 10.7. The van der Waals surface area contributed by atoms with Gasteiger partial charge in [0.2, 0.25) is 0 Å². The number of anilines is 1. The first-order valence-electron chi connectivity index (χ1n) is 7.25. The average Bonchev–Trinajstić information content (AvgIpc) is 2.97. The molecule has 0 unspecified atom stereocenters. The minimum Gasteiger partial charge on any atom is -0.377 e. The summed E-state index contributed by atoms with van der Waals surface area (Å²) in [5, 5.41) is 11.5. The Morgan fingerprint density at radius 3 is 1.95 bits per heavy atom. The minimum atomic E-state index is 0.906. The topological polar surface area (TPSA) is 34.0 Å². The van der Waals surface area contributed by atoms with Crippen LogP contribution in [-0.2, 0) is 0 Å². The van der Waals surface area contributed by atoms with Crippen molar-refractivity contribution in [2.24, 2.45) is 0 Å². The number of benzene rings is 3. The van der Waals surface area contributed by atoms with Crippen molar-refractivity contribution in [2.45, 2.75) is 0 Å². The molecule has 0 radical (unpaired) electrons. The smallest absolute Gasteiger partial charge is 0.113 e. The van der Waals surface area contributed by atoms with Crippen LogP contribution >= 0.6 is 0 Å². The maximum Gasteiger partial charge on any atom is 0.113 e. The molecule has 1 heterocycles. The van der Waals surface area contributed by atoms with Gasteiger partial charge < -0.3 is 4.90 Å². The molecule has 0 aliphatic heterocycles. The molecule has 0 aliphatic rings. The molecule has 0 N–H and O–H groups in total. The summed E-state index contributed by atoms with van der Waals surface area (Å²) in [4.78, 5) is 3.85. The standard InChI is InChI=1S/C18H16N4/c1-21(2)17-11-12-18(14-8-4-3-7-13(14)17)22-19-15-9-5-6-10-16(15)20-22/h3-12H,1-2H3. The first kappa shape index (κ1) is 12.8. The molecule has 4 heteroatoms. The number of rotatable bonds is 2. The molecule has 4 aromatic rings. The van der Waals surface area contributed by atoms with Crippen LogP contribution in [0, 0.1) is 0 Å². The van der Waals surface area contributed by atoms with Gasteiger partial charge in [-0.1, -0.05) is 36.4 Å². The lowest BCUT2D eigenvalue weighted by Crippen LogP contribution is -2.10. The van der Waals surface area contributed by atoms with E-state index in [1.807, 2.05) is 24.3 Å². The lowest BCUT2D eigenvalue weighted by molar-refractivity contribution is 0.771. The number of hydrogen-bond donors (Lipinski definition) is 0. The molecule has 0 atom stereocenters. The molecule has 0 saturated carbocycles. The van der Waals surface area contributed by atoms with E-state index in [0.717, 1.165) is 22.1 Å². The molecule has 3 aromatic carbocycles. The van der Waals surface area contributed by atoms with Gasteiger partial charge in [-0.15, -0.1) is 15.0 Å². The second-order valence-corrected chi connectivity index (χ2v) is 5.52. The van der Waals surface area contributed by atoms with Gasteiger partial charge in [-0.25, -0.2) is 0 Å². The van der Waals surface area contributed by atoms with E-state index in [9.17, 15) is 0 Å². The van der Waals surface area contributed by atoms with Crippen molar-refractivity contribution >= 4 is 27.5 Å².